The first-order valence-electron chi connectivity index (χ1n) is 5.66. The summed E-state index contributed by atoms with van der Waals surface area (Å²) in [5.41, 5.74) is -1.60. The van der Waals surface area contributed by atoms with Gasteiger partial charge in [0.05, 0.1) is 16.8 Å². The molecule has 2 aromatic rings. The molecule has 2 rings (SSSR count). The summed E-state index contributed by atoms with van der Waals surface area (Å²) in [5.74, 6) is -1.14. The van der Waals surface area contributed by atoms with Crippen LogP contribution in [-0.2, 0) is 6.18 Å². The van der Waals surface area contributed by atoms with Crippen LogP contribution in [0.3, 0.4) is 0 Å². The molecule has 0 aliphatic heterocycles. The molecule has 0 aliphatic carbocycles. The van der Waals surface area contributed by atoms with E-state index in [0.717, 1.165) is 12.1 Å². The lowest BCUT2D eigenvalue weighted by atomic mass is 10.1. The predicted molar refractivity (Wildman–Crippen MR) is 66.5 cm³/mol. The summed E-state index contributed by atoms with van der Waals surface area (Å²) >= 11 is 0. The minimum absolute atomic E-state index is 0.0921. The van der Waals surface area contributed by atoms with Gasteiger partial charge in [-0.05, 0) is 24.3 Å². The molecule has 0 bridgehead atoms. The Morgan fingerprint density at radius 3 is 2.10 bits per heavy atom. The van der Waals surface area contributed by atoms with Gasteiger partial charge in [-0.2, -0.15) is 18.2 Å². The van der Waals surface area contributed by atoms with Gasteiger partial charge in [-0.25, -0.2) is 0 Å². The number of amides is 1. The fourth-order valence-corrected chi connectivity index (χ4v) is 1.72. The number of anilines is 1. The number of hydrogen-bond donors (Lipinski definition) is 1. The van der Waals surface area contributed by atoms with Crippen molar-refractivity contribution >= 4 is 11.6 Å². The van der Waals surface area contributed by atoms with E-state index < -0.39 is 23.2 Å². The number of carbonyl (C=O) groups excluding carboxylic acids is 1. The van der Waals surface area contributed by atoms with Gasteiger partial charge in [-0.3, -0.25) is 10.0 Å². The number of hydrogen-bond acceptors (Lipinski definition) is 2. The topological polar surface area (TPSA) is 40.5 Å². The number of nitrogens with zero attached hydrogens (tertiary/aromatic N) is 1. The molecule has 3 nitrogen and oxygen atoms in total. The molecule has 20 heavy (non-hydrogen) atoms. The predicted octanol–water partition coefficient (Wildman–Crippen LogP) is 3.74. The van der Waals surface area contributed by atoms with Crippen molar-refractivity contribution in [3.8, 4) is 0 Å². The van der Waals surface area contributed by atoms with Crippen molar-refractivity contribution in [2.24, 2.45) is 0 Å². The van der Waals surface area contributed by atoms with Crippen LogP contribution < -0.4 is 5.06 Å². The van der Waals surface area contributed by atoms with Crippen molar-refractivity contribution in [1.29, 1.82) is 0 Å². The fourth-order valence-electron chi connectivity index (χ4n) is 1.72. The molecule has 0 atom stereocenters. The maximum absolute atomic E-state index is 12.8. The zero-order chi connectivity index (χ0) is 14.8. The molecule has 0 fully saturated rings. The number of halogens is 3. The van der Waals surface area contributed by atoms with Crippen LogP contribution >= 0.6 is 0 Å². The highest BCUT2D eigenvalue weighted by Crippen LogP contribution is 2.32. The van der Waals surface area contributed by atoms with Crippen molar-refractivity contribution in [2.45, 2.75) is 6.18 Å². The second-order valence-corrected chi connectivity index (χ2v) is 4.00. The van der Waals surface area contributed by atoms with E-state index >= 15 is 0 Å². The molecule has 0 radical (unpaired) electrons. The quantitative estimate of drug-likeness (QED) is 0.673. The first-order valence-corrected chi connectivity index (χ1v) is 5.66. The summed E-state index contributed by atoms with van der Waals surface area (Å²) in [5, 5.41) is 9.95. The van der Waals surface area contributed by atoms with Gasteiger partial charge in [-0.1, -0.05) is 30.3 Å². The van der Waals surface area contributed by atoms with Crippen LogP contribution in [0.15, 0.2) is 54.6 Å². The summed E-state index contributed by atoms with van der Waals surface area (Å²) in [4.78, 5) is 12.0. The molecule has 0 saturated carbocycles. The molecule has 6 heteroatoms. The summed E-state index contributed by atoms with van der Waals surface area (Å²) in [6, 6.07) is 11.9. The standard InChI is InChI=1S/C14H10F3NO2/c15-14(16,17)12-9-5-4-8-11(12)13(19)18(20)10-6-2-1-3-7-10/h1-9,20H. The van der Waals surface area contributed by atoms with Gasteiger partial charge in [0.25, 0.3) is 5.91 Å². The molecule has 104 valence electrons. The van der Waals surface area contributed by atoms with Gasteiger partial charge in [0, 0.05) is 0 Å². The summed E-state index contributed by atoms with van der Waals surface area (Å²) in [6.07, 6.45) is -4.66. The highest BCUT2D eigenvalue weighted by Gasteiger charge is 2.36. The minimum atomic E-state index is -4.66. The number of benzene rings is 2. The van der Waals surface area contributed by atoms with Crippen LogP contribution in [-0.4, -0.2) is 11.1 Å². The van der Waals surface area contributed by atoms with E-state index in [9.17, 15) is 23.2 Å². The van der Waals surface area contributed by atoms with Gasteiger partial charge in [0.2, 0.25) is 0 Å². The van der Waals surface area contributed by atoms with E-state index in [1.165, 1.54) is 24.3 Å². The lowest BCUT2D eigenvalue weighted by molar-refractivity contribution is -0.137. The minimum Gasteiger partial charge on any atom is -0.281 e. The van der Waals surface area contributed by atoms with Crippen molar-refractivity contribution in [3.63, 3.8) is 0 Å². The second-order valence-electron chi connectivity index (χ2n) is 4.00. The summed E-state index contributed by atoms with van der Waals surface area (Å²) in [7, 11) is 0. The van der Waals surface area contributed by atoms with Gasteiger partial charge in [0.15, 0.2) is 0 Å². The van der Waals surface area contributed by atoms with E-state index in [-0.39, 0.29) is 10.8 Å². The molecule has 0 heterocycles. The molecule has 0 aromatic heterocycles. The molecule has 0 spiro atoms. The third-order valence-electron chi connectivity index (χ3n) is 2.66. The smallest absolute Gasteiger partial charge is 0.281 e. The van der Waals surface area contributed by atoms with Crippen LogP contribution in [0.4, 0.5) is 18.9 Å². The number of carbonyl (C=O) groups is 1. The van der Waals surface area contributed by atoms with Crippen LogP contribution in [0.25, 0.3) is 0 Å². The lowest BCUT2D eigenvalue weighted by Crippen LogP contribution is -2.29. The first-order chi connectivity index (χ1) is 9.41. The largest absolute Gasteiger partial charge is 0.417 e. The molecule has 0 saturated heterocycles. The monoisotopic (exact) mass is 281 g/mol. The number of alkyl halides is 3. The maximum Gasteiger partial charge on any atom is 0.417 e. The van der Waals surface area contributed by atoms with E-state index in [4.69, 9.17) is 0 Å². The van der Waals surface area contributed by atoms with Crippen molar-refractivity contribution in [1.82, 2.24) is 0 Å². The van der Waals surface area contributed by atoms with E-state index in [1.807, 2.05) is 0 Å². The Morgan fingerprint density at radius 1 is 0.950 bits per heavy atom. The zero-order valence-corrected chi connectivity index (χ0v) is 10.1. The highest BCUT2D eigenvalue weighted by molar-refractivity contribution is 6.05. The molecule has 0 aliphatic rings. The van der Waals surface area contributed by atoms with Crippen LogP contribution in [0.5, 0.6) is 0 Å². The van der Waals surface area contributed by atoms with Gasteiger partial charge in [0.1, 0.15) is 0 Å². The average Bonchev–Trinajstić information content (AvgIpc) is 2.46. The number of hydroxylamine groups is 1. The Morgan fingerprint density at radius 2 is 1.50 bits per heavy atom. The van der Waals surface area contributed by atoms with E-state index in [0.29, 0.717) is 0 Å². The lowest BCUT2D eigenvalue weighted by Gasteiger charge is -2.18. The molecular formula is C14H10F3NO2. The molecule has 0 unspecified atom stereocenters. The fraction of sp³-hybridized carbons (Fsp3) is 0.0714. The molecule has 1 N–H and O–H groups in total. The first kappa shape index (κ1) is 14.1. The van der Waals surface area contributed by atoms with Crippen molar-refractivity contribution in [3.05, 3.63) is 65.7 Å². The number of rotatable bonds is 2. The van der Waals surface area contributed by atoms with E-state index in [2.05, 4.69) is 0 Å². The van der Waals surface area contributed by atoms with Gasteiger partial charge in [-0.15, -0.1) is 0 Å². The van der Waals surface area contributed by atoms with E-state index in [1.54, 1.807) is 18.2 Å². The summed E-state index contributed by atoms with van der Waals surface area (Å²) < 4.78 is 38.5. The molecule has 2 aromatic carbocycles. The summed E-state index contributed by atoms with van der Waals surface area (Å²) in [6.45, 7) is 0. The normalized spacial score (nSPS) is 11.2. The average molecular weight is 281 g/mol. The Kier molecular flexibility index (Phi) is 3.76. The Labute approximate surface area is 112 Å². The van der Waals surface area contributed by atoms with Crippen LogP contribution in [0.1, 0.15) is 15.9 Å². The van der Waals surface area contributed by atoms with Gasteiger partial charge < -0.3 is 0 Å². The van der Waals surface area contributed by atoms with Crippen LogP contribution in [0.2, 0.25) is 0 Å². The van der Waals surface area contributed by atoms with Crippen molar-refractivity contribution < 1.29 is 23.2 Å². The molecule has 1 amide bonds. The Bertz CT molecular complexity index is 611. The third kappa shape index (κ3) is 2.80. The zero-order valence-electron chi connectivity index (χ0n) is 10.1. The molecular weight excluding hydrogens is 271 g/mol. The SMILES string of the molecule is O=C(c1ccccc1C(F)(F)F)N(O)c1ccccc1. The van der Waals surface area contributed by atoms with Crippen molar-refractivity contribution in [2.75, 3.05) is 5.06 Å². The number of para-hydroxylation sites is 1. The highest BCUT2D eigenvalue weighted by atomic mass is 19.4. The Hall–Kier alpha value is -2.34. The Balaban J connectivity index is 2.40. The maximum atomic E-state index is 12.8. The third-order valence-corrected chi connectivity index (χ3v) is 2.66. The van der Waals surface area contributed by atoms with Gasteiger partial charge >= 0.3 is 6.18 Å². The second kappa shape index (κ2) is 5.34. The van der Waals surface area contributed by atoms with Crippen LogP contribution in [0, 0.1) is 0 Å².